The molecule has 1 aromatic carbocycles. The van der Waals surface area contributed by atoms with E-state index in [1.54, 1.807) is 0 Å². The lowest BCUT2D eigenvalue weighted by Crippen LogP contribution is -2.28. The Morgan fingerprint density at radius 1 is 1.14 bits per heavy atom. The molecular formula is C14H16F3N3O. The number of imidazole rings is 1. The highest BCUT2D eigenvalue weighted by Crippen LogP contribution is 2.30. The zero-order chi connectivity index (χ0) is 15.0. The van der Waals surface area contributed by atoms with E-state index in [2.05, 4.69) is 9.88 Å². The van der Waals surface area contributed by atoms with Gasteiger partial charge in [0, 0.05) is 13.1 Å². The number of hydrogen-bond donors (Lipinski definition) is 1. The third-order valence-electron chi connectivity index (χ3n) is 3.94. The molecule has 2 heterocycles. The molecule has 2 aromatic rings. The monoisotopic (exact) mass is 299 g/mol. The van der Waals surface area contributed by atoms with Crippen LogP contribution in [0.15, 0.2) is 23.0 Å². The molecule has 4 nitrogen and oxygen atoms in total. The lowest BCUT2D eigenvalue weighted by atomic mass is 10.2. The molecule has 0 aliphatic carbocycles. The molecule has 1 N–H and O–H groups in total. The zero-order valence-corrected chi connectivity index (χ0v) is 11.4. The van der Waals surface area contributed by atoms with E-state index < -0.39 is 11.7 Å². The molecule has 114 valence electrons. The smallest absolute Gasteiger partial charge is 0.306 e. The Kier molecular flexibility index (Phi) is 3.52. The van der Waals surface area contributed by atoms with Gasteiger partial charge in [0.15, 0.2) is 0 Å². The highest BCUT2D eigenvalue weighted by atomic mass is 19.4. The number of aromatic nitrogens is 2. The second kappa shape index (κ2) is 5.22. The number of hydrogen-bond acceptors (Lipinski definition) is 2. The summed E-state index contributed by atoms with van der Waals surface area (Å²) in [6.07, 6.45) is -2.12. The Balaban J connectivity index is 1.92. The first kappa shape index (κ1) is 14.2. The van der Waals surface area contributed by atoms with E-state index in [9.17, 15) is 18.0 Å². The number of aromatic amines is 1. The number of benzene rings is 1. The quantitative estimate of drug-likeness (QED) is 0.946. The minimum Gasteiger partial charge on any atom is -0.306 e. The van der Waals surface area contributed by atoms with E-state index in [0.29, 0.717) is 24.1 Å². The Morgan fingerprint density at radius 3 is 2.52 bits per heavy atom. The fourth-order valence-corrected chi connectivity index (χ4v) is 2.80. The van der Waals surface area contributed by atoms with Crippen LogP contribution in [0.3, 0.4) is 0 Å². The van der Waals surface area contributed by atoms with Crippen LogP contribution in [-0.4, -0.2) is 34.1 Å². The van der Waals surface area contributed by atoms with Crippen molar-refractivity contribution in [3.05, 3.63) is 34.2 Å². The summed E-state index contributed by atoms with van der Waals surface area (Å²) in [5.41, 5.74) is -0.337. The zero-order valence-electron chi connectivity index (χ0n) is 11.4. The lowest BCUT2D eigenvalue weighted by Gasteiger charge is -2.14. The Hall–Kier alpha value is -1.76. The van der Waals surface area contributed by atoms with Crippen LogP contribution in [0.5, 0.6) is 0 Å². The van der Waals surface area contributed by atoms with Crippen LogP contribution in [-0.2, 0) is 12.7 Å². The topological polar surface area (TPSA) is 41.0 Å². The Labute approximate surface area is 119 Å². The van der Waals surface area contributed by atoms with E-state index in [1.165, 1.54) is 10.6 Å². The molecule has 7 heteroatoms. The summed E-state index contributed by atoms with van der Waals surface area (Å²) in [6, 6.07) is 3.34. The molecule has 1 aromatic heterocycles. The second-order valence-corrected chi connectivity index (χ2v) is 5.36. The molecule has 1 aliphatic heterocycles. The summed E-state index contributed by atoms with van der Waals surface area (Å²) < 4.78 is 39.7. The van der Waals surface area contributed by atoms with Gasteiger partial charge in [0.05, 0.1) is 16.6 Å². The molecule has 0 bridgehead atoms. The SMILES string of the molecule is O=c1[nH]c2ccc(C(F)(F)F)cc2n1CCN1CCCC1. The van der Waals surface area contributed by atoms with Crippen molar-refractivity contribution in [3.63, 3.8) is 0 Å². The van der Waals surface area contributed by atoms with Gasteiger partial charge in [0.25, 0.3) is 0 Å². The van der Waals surface area contributed by atoms with Crippen LogP contribution in [0, 0.1) is 0 Å². The average Bonchev–Trinajstić information content (AvgIpc) is 3.01. The number of alkyl halides is 3. The summed E-state index contributed by atoms with van der Waals surface area (Å²) in [4.78, 5) is 16.7. The van der Waals surface area contributed by atoms with Gasteiger partial charge in [0.1, 0.15) is 0 Å². The van der Waals surface area contributed by atoms with Gasteiger partial charge >= 0.3 is 11.9 Å². The molecule has 0 spiro atoms. The van der Waals surface area contributed by atoms with Gasteiger partial charge in [-0.3, -0.25) is 4.57 Å². The molecule has 0 saturated carbocycles. The van der Waals surface area contributed by atoms with Gasteiger partial charge in [0.2, 0.25) is 0 Å². The maximum Gasteiger partial charge on any atom is 0.416 e. The van der Waals surface area contributed by atoms with E-state index in [4.69, 9.17) is 0 Å². The van der Waals surface area contributed by atoms with E-state index in [0.717, 1.165) is 38.1 Å². The van der Waals surface area contributed by atoms with Crippen molar-refractivity contribution in [2.75, 3.05) is 19.6 Å². The van der Waals surface area contributed by atoms with Crippen LogP contribution >= 0.6 is 0 Å². The highest BCUT2D eigenvalue weighted by molar-refractivity contribution is 5.76. The fraction of sp³-hybridized carbons (Fsp3) is 0.500. The first-order chi connectivity index (χ1) is 9.95. The van der Waals surface area contributed by atoms with Crippen LogP contribution in [0.25, 0.3) is 11.0 Å². The molecule has 21 heavy (non-hydrogen) atoms. The summed E-state index contributed by atoms with van der Waals surface area (Å²) in [7, 11) is 0. The third-order valence-corrected chi connectivity index (χ3v) is 3.94. The second-order valence-electron chi connectivity index (χ2n) is 5.36. The molecule has 1 saturated heterocycles. The summed E-state index contributed by atoms with van der Waals surface area (Å²) in [5, 5.41) is 0. The van der Waals surface area contributed by atoms with Gasteiger partial charge in [-0.15, -0.1) is 0 Å². The molecule has 0 unspecified atom stereocenters. The van der Waals surface area contributed by atoms with Gasteiger partial charge in [-0.1, -0.05) is 0 Å². The van der Waals surface area contributed by atoms with Crippen LogP contribution in [0.4, 0.5) is 13.2 Å². The predicted molar refractivity (Wildman–Crippen MR) is 73.2 cm³/mol. The standard InChI is InChI=1S/C14H16F3N3O/c15-14(16,17)10-3-4-11-12(9-10)20(13(21)18-11)8-7-19-5-1-2-6-19/h3-4,9H,1-2,5-8H2,(H,18,21). The summed E-state index contributed by atoms with van der Waals surface area (Å²) in [6.45, 7) is 3.07. The van der Waals surface area contributed by atoms with Crippen molar-refractivity contribution in [2.24, 2.45) is 0 Å². The average molecular weight is 299 g/mol. The van der Waals surface area contributed by atoms with Crippen LogP contribution in [0.1, 0.15) is 18.4 Å². The lowest BCUT2D eigenvalue weighted by molar-refractivity contribution is -0.137. The van der Waals surface area contributed by atoms with E-state index >= 15 is 0 Å². The molecular weight excluding hydrogens is 283 g/mol. The number of likely N-dealkylation sites (tertiary alicyclic amines) is 1. The Bertz CT molecular complexity index is 696. The molecule has 0 atom stereocenters. The molecule has 1 aliphatic rings. The predicted octanol–water partition coefficient (Wildman–Crippen LogP) is 2.44. The van der Waals surface area contributed by atoms with Gasteiger partial charge < -0.3 is 9.88 Å². The first-order valence-electron chi connectivity index (χ1n) is 6.97. The molecule has 3 rings (SSSR count). The van der Waals surface area contributed by atoms with Crippen molar-refractivity contribution in [1.29, 1.82) is 0 Å². The van der Waals surface area contributed by atoms with Crippen LogP contribution < -0.4 is 5.69 Å². The minimum absolute atomic E-state index is 0.314. The van der Waals surface area contributed by atoms with Crippen molar-refractivity contribution in [1.82, 2.24) is 14.5 Å². The van der Waals surface area contributed by atoms with Crippen LogP contribution in [0.2, 0.25) is 0 Å². The van der Waals surface area contributed by atoms with Gasteiger partial charge in [-0.05, 0) is 44.1 Å². The van der Waals surface area contributed by atoms with Crippen molar-refractivity contribution < 1.29 is 13.2 Å². The molecule has 0 radical (unpaired) electrons. The highest BCUT2D eigenvalue weighted by Gasteiger charge is 2.31. The number of rotatable bonds is 3. The van der Waals surface area contributed by atoms with E-state index in [1.807, 2.05) is 0 Å². The maximum absolute atomic E-state index is 12.8. The Morgan fingerprint density at radius 2 is 1.86 bits per heavy atom. The summed E-state index contributed by atoms with van der Waals surface area (Å²) in [5.74, 6) is 0. The number of fused-ring (bicyclic) bond motifs is 1. The van der Waals surface area contributed by atoms with Crippen molar-refractivity contribution in [2.45, 2.75) is 25.6 Å². The van der Waals surface area contributed by atoms with Crippen molar-refractivity contribution >= 4 is 11.0 Å². The third kappa shape index (κ3) is 2.83. The number of H-pyrrole nitrogens is 1. The molecule has 1 fully saturated rings. The van der Waals surface area contributed by atoms with E-state index in [-0.39, 0.29) is 5.69 Å². The van der Waals surface area contributed by atoms with Gasteiger partial charge in [-0.2, -0.15) is 13.2 Å². The molecule has 0 amide bonds. The minimum atomic E-state index is -4.40. The summed E-state index contributed by atoms with van der Waals surface area (Å²) >= 11 is 0. The first-order valence-corrected chi connectivity index (χ1v) is 6.97. The largest absolute Gasteiger partial charge is 0.416 e. The maximum atomic E-state index is 12.8. The normalized spacial score (nSPS) is 16.9. The number of nitrogens with zero attached hydrogens (tertiary/aromatic N) is 2. The van der Waals surface area contributed by atoms with Crippen molar-refractivity contribution in [3.8, 4) is 0 Å². The fourth-order valence-electron chi connectivity index (χ4n) is 2.80. The number of halogens is 3. The number of nitrogens with one attached hydrogen (secondary N) is 1. The van der Waals surface area contributed by atoms with Gasteiger partial charge in [-0.25, -0.2) is 4.79 Å².